The molecule has 3 rings (SSSR count). The van der Waals surface area contributed by atoms with Crippen LogP contribution in [0.2, 0.25) is 5.02 Å². The smallest absolute Gasteiger partial charge is 0.254 e. The topological polar surface area (TPSA) is 61.9 Å². The number of aromatic nitrogens is 3. The summed E-state index contributed by atoms with van der Waals surface area (Å²) in [6.07, 6.45) is 4.22. The van der Waals surface area contributed by atoms with E-state index in [1.54, 1.807) is 4.90 Å². The fraction of sp³-hybridized carbons (Fsp3) is 0.357. The van der Waals surface area contributed by atoms with E-state index in [-0.39, 0.29) is 17.0 Å². The van der Waals surface area contributed by atoms with Crippen molar-refractivity contribution in [1.29, 1.82) is 0 Å². The predicted octanol–water partition coefficient (Wildman–Crippen LogP) is 2.96. The van der Waals surface area contributed by atoms with Crippen molar-refractivity contribution >= 4 is 17.5 Å². The molecule has 0 aliphatic carbocycles. The van der Waals surface area contributed by atoms with Gasteiger partial charge in [0.2, 0.25) is 0 Å². The number of amides is 1. The summed E-state index contributed by atoms with van der Waals surface area (Å²) in [6, 6.07) is 3.90. The number of hydrogen-bond acceptors (Lipinski definition) is 3. The lowest BCUT2D eigenvalue weighted by Gasteiger charge is -2.34. The largest absolute Gasteiger partial charge is 0.328 e. The molecule has 0 saturated carbocycles. The van der Waals surface area contributed by atoms with E-state index in [1.807, 2.05) is 0 Å². The van der Waals surface area contributed by atoms with Gasteiger partial charge in [0.05, 0.1) is 11.1 Å². The van der Waals surface area contributed by atoms with Crippen molar-refractivity contribution in [3.8, 4) is 0 Å². The molecule has 1 saturated heterocycles. The van der Waals surface area contributed by atoms with Crippen molar-refractivity contribution in [2.75, 3.05) is 6.54 Å². The molecule has 1 aliphatic rings. The van der Waals surface area contributed by atoms with E-state index in [9.17, 15) is 9.18 Å². The number of halogens is 2. The van der Waals surface area contributed by atoms with Gasteiger partial charge in [0.25, 0.3) is 5.91 Å². The van der Waals surface area contributed by atoms with E-state index in [0.717, 1.165) is 19.3 Å². The van der Waals surface area contributed by atoms with Crippen molar-refractivity contribution < 1.29 is 9.18 Å². The van der Waals surface area contributed by atoms with Crippen molar-refractivity contribution in [2.24, 2.45) is 0 Å². The molecule has 1 atom stereocenters. The monoisotopic (exact) mass is 308 g/mol. The SMILES string of the molecule is O=C(c1ccc(F)c(Cl)c1)N1CCCC[C@@H]1c1ncn[nH]1. The Kier molecular flexibility index (Phi) is 3.88. The molecule has 0 bridgehead atoms. The number of rotatable bonds is 2. The van der Waals surface area contributed by atoms with Gasteiger partial charge in [-0.05, 0) is 37.5 Å². The zero-order valence-corrected chi connectivity index (χ0v) is 12.0. The molecule has 1 fully saturated rings. The van der Waals surface area contributed by atoms with Crippen LogP contribution < -0.4 is 0 Å². The van der Waals surface area contributed by atoms with Crippen LogP contribution in [0.15, 0.2) is 24.5 Å². The van der Waals surface area contributed by atoms with E-state index in [1.165, 1.54) is 24.5 Å². The number of likely N-dealkylation sites (tertiary alicyclic amines) is 1. The van der Waals surface area contributed by atoms with Crippen LogP contribution in [-0.2, 0) is 0 Å². The molecule has 2 heterocycles. The van der Waals surface area contributed by atoms with Crippen molar-refractivity contribution in [2.45, 2.75) is 25.3 Å². The fourth-order valence-corrected chi connectivity index (χ4v) is 2.81. The number of piperidine rings is 1. The molecular weight excluding hydrogens is 295 g/mol. The number of hydrogen-bond donors (Lipinski definition) is 1. The third kappa shape index (κ3) is 2.76. The molecule has 0 radical (unpaired) electrons. The van der Waals surface area contributed by atoms with Gasteiger partial charge in [-0.15, -0.1) is 0 Å². The first kappa shape index (κ1) is 14.0. The van der Waals surface area contributed by atoms with Gasteiger partial charge >= 0.3 is 0 Å². The molecule has 0 spiro atoms. The molecule has 5 nitrogen and oxygen atoms in total. The Morgan fingerprint density at radius 2 is 2.29 bits per heavy atom. The highest BCUT2D eigenvalue weighted by Crippen LogP contribution is 2.30. The lowest BCUT2D eigenvalue weighted by Crippen LogP contribution is -2.39. The number of nitrogens with zero attached hydrogens (tertiary/aromatic N) is 3. The number of carbonyl (C=O) groups excluding carboxylic acids is 1. The summed E-state index contributed by atoms with van der Waals surface area (Å²) in [5, 5.41) is 6.62. The molecule has 21 heavy (non-hydrogen) atoms. The summed E-state index contributed by atoms with van der Waals surface area (Å²) in [7, 11) is 0. The minimum atomic E-state index is -0.529. The highest BCUT2D eigenvalue weighted by atomic mass is 35.5. The van der Waals surface area contributed by atoms with E-state index in [4.69, 9.17) is 11.6 Å². The Balaban J connectivity index is 1.89. The lowest BCUT2D eigenvalue weighted by atomic mass is 10.00. The standard InChI is InChI=1S/C14H14ClFN4O/c15-10-7-9(4-5-11(10)16)14(21)20-6-2-1-3-12(20)13-17-8-18-19-13/h4-5,7-8,12H,1-3,6H2,(H,17,18,19)/t12-/m1/s1. The molecule has 7 heteroatoms. The van der Waals surface area contributed by atoms with E-state index in [0.29, 0.717) is 17.9 Å². The Morgan fingerprint density at radius 1 is 1.43 bits per heavy atom. The molecule has 1 aromatic carbocycles. The normalized spacial score (nSPS) is 18.8. The van der Waals surface area contributed by atoms with Gasteiger partial charge < -0.3 is 4.90 Å². The van der Waals surface area contributed by atoms with Crippen LogP contribution in [0.3, 0.4) is 0 Å². The number of H-pyrrole nitrogens is 1. The van der Waals surface area contributed by atoms with Crippen molar-refractivity contribution in [3.63, 3.8) is 0 Å². The van der Waals surface area contributed by atoms with Crippen molar-refractivity contribution in [1.82, 2.24) is 20.1 Å². The van der Waals surface area contributed by atoms with Crippen LogP contribution in [0.25, 0.3) is 0 Å². The van der Waals surface area contributed by atoms with Gasteiger partial charge in [-0.25, -0.2) is 9.37 Å². The van der Waals surface area contributed by atoms with Crippen LogP contribution in [0.1, 0.15) is 41.5 Å². The highest BCUT2D eigenvalue weighted by Gasteiger charge is 2.30. The average Bonchev–Trinajstić information content (AvgIpc) is 3.03. The predicted molar refractivity (Wildman–Crippen MR) is 75.4 cm³/mol. The highest BCUT2D eigenvalue weighted by molar-refractivity contribution is 6.31. The zero-order chi connectivity index (χ0) is 14.8. The second kappa shape index (κ2) is 5.81. The molecule has 2 aromatic rings. The number of benzene rings is 1. The van der Waals surface area contributed by atoms with Gasteiger partial charge in [-0.3, -0.25) is 9.89 Å². The molecule has 1 amide bonds. The van der Waals surface area contributed by atoms with E-state index in [2.05, 4.69) is 15.2 Å². The molecule has 110 valence electrons. The Labute approximate surface area is 126 Å². The number of aromatic amines is 1. The minimum absolute atomic E-state index is 0.0472. The van der Waals surface area contributed by atoms with E-state index >= 15 is 0 Å². The molecule has 1 aliphatic heterocycles. The number of carbonyl (C=O) groups is 1. The molecular formula is C14H14ClFN4O. The molecule has 1 aromatic heterocycles. The second-order valence-corrected chi connectivity index (χ2v) is 5.42. The summed E-state index contributed by atoms with van der Waals surface area (Å²) in [5.41, 5.74) is 0.382. The van der Waals surface area contributed by atoms with Crippen LogP contribution >= 0.6 is 11.6 Å². The Bertz CT molecular complexity index is 646. The average molecular weight is 309 g/mol. The summed E-state index contributed by atoms with van der Waals surface area (Å²) >= 11 is 5.76. The molecule has 0 unspecified atom stereocenters. The number of nitrogens with one attached hydrogen (secondary N) is 1. The van der Waals surface area contributed by atoms with E-state index < -0.39 is 5.82 Å². The summed E-state index contributed by atoms with van der Waals surface area (Å²) in [5.74, 6) is -0.0205. The van der Waals surface area contributed by atoms with Crippen LogP contribution in [0.4, 0.5) is 4.39 Å². The minimum Gasteiger partial charge on any atom is -0.328 e. The maximum atomic E-state index is 13.2. The second-order valence-electron chi connectivity index (χ2n) is 5.01. The van der Waals surface area contributed by atoms with Gasteiger partial charge in [0, 0.05) is 12.1 Å². The zero-order valence-electron chi connectivity index (χ0n) is 11.2. The lowest BCUT2D eigenvalue weighted by molar-refractivity contribution is 0.0600. The van der Waals surface area contributed by atoms with Gasteiger partial charge in [0.15, 0.2) is 0 Å². The first-order valence-corrected chi connectivity index (χ1v) is 7.16. The quantitative estimate of drug-likeness (QED) is 0.927. The fourth-order valence-electron chi connectivity index (χ4n) is 2.63. The summed E-state index contributed by atoms with van der Waals surface area (Å²) < 4.78 is 13.2. The van der Waals surface area contributed by atoms with Crippen LogP contribution in [-0.4, -0.2) is 32.5 Å². The molecule has 1 N–H and O–H groups in total. The van der Waals surface area contributed by atoms with Crippen LogP contribution in [0, 0.1) is 5.82 Å². The maximum Gasteiger partial charge on any atom is 0.254 e. The Morgan fingerprint density at radius 3 is 3.00 bits per heavy atom. The van der Waals surface area contributed by atoms with Gasteiger partial charge in [-0.2, -0.15) is 5.10 Å². The van der Waals surface area contributed by atoms with Gasteiger partial charge in [-0.1, -0.05) is 11.6 Å². The summed E-state index contributed by atoms with van der Waals surface area (Å²) in [4.78, 5) is 18.5. The first-order valence-electron chi connectivity index (χ1n) is 6.78. The first-order chi connectivity index (χ1) is 10.2. The third-order valence-electron chi connectivity index (χ3n) is 3.68. The van der Waals surface area contributed by atoms with Gasteiger partial charge in [0.1, 0.15) is 18.0 Å². The van der Waals surface area contributed by atoms with Crippen molar-refractivity contribution in [3.05, 3.63) is 46.8 Å². The third-order valence-corrected chi connectivity index (χ3v) is 3.97. The maximum absolute atomic E-state index is 13.2. The van der Waals surface area contributed by atoms with Crippen LogP contribution in [0.5, 0.6) is 0 Å². The Hall–Kier alpha value is -1.95. The summed E-state index contributed by atoms with van der Waals surface area (Å²) in [6.45, 7) is 0.638.